The predicted molar refractivity (Wildman–Crippen MR) is 40.3 cm³/mol. The van der Waals surface area contributed by atoms with Gasteiger partial charge in [-0.1, -0.05) is 0 Å². The predicted octanol–water partition coefficient (Wildman–Crippen LogP) is -1.44. The molecule has 0 aliphatic carbocycles. The van der Waals surface area contributed by atoms with Gasteiger partial charge in [0.2, 0.25) is 10.0 Å². The summed E-state index contributed by atoms with van der Waals surface area (Å²) in [7, 11) is -3.15. The van der Waals surface area contributed by atoms with Crippen LogP contribution in [-0.2, 0) is 14.8 Å². The molecule has 0 aromatic carbocycles. The van der Waals surface area contributed by atoms with Crippen molar-refractivity contribution in [2.24, 2.45) is 5.73 Å². The first kappa shape index (κ1) is 8.92. The third-order valence-corrected chi connectivity index (χ3v) is 2.85. The highest BCUT2D eigenvalue weighted by Crippen LogP contribution is 2.06. The quantitative estimate of drug-likeness (QED) is 0.536. The van der Waals surface area contributed by atoms with Crippen LogP contribution >= 0.6 is 0 Å². The number of hydrogen-bond donors (Lipinski definition) is 1. The molecular weight excluding hydrogens is 168 g/mol. The number of ether oxygens (including phenoxy) is 1. The molecule has 1 fully saturated rings. The molecule has 2 N–H and O–H groups in total. The van der Waals surface area contributed by atoms with Crippen LogP contribution in [0.3, 0.4) is 0 Å². The monoisotopic (exact) mass is 180 g/mol. The van der Waals surface area contributed by atoms with Crippen molar-refractivity contribution >= 4 is 10.0 Å². The lowest BCUT2D eigenvalue weighted by Gasteiger charge is -2.30. The minimum Gasteiger partial charge on any atom is -0.377 e. The highest BCUT2D eigenvalue weighted by molar-refractivity contribution is 7.88. The summed E-state index contributed by atoms with van der Waals surface area (Å²) in [6.45, 7) is 1.08. The van der Waals surface area contributed by atoms with Crippen LogP contribution in [-0.4, -0.2) is 44.9 Å². The maximum Gasteiger partial charge on any atom is 0.212 e. The molecule has 0 aromatic heterocycles. The summed E-state index contributed by atoms with van der Waals surface area (Å²) < 4.78 is 28.2. The third kappa shape index (κ3) is 2.13. The number of morpholine rings is 1. The molecule has 0 amide bonds. The molecule has 1 aliphatic heterocycles. The highest BCUT2D eigenvalue weighted by atomic mass is 32.2. The van der Waals surface area contributed by atoms with Gasteiger partial charge < -0.3 is 10.5 Å². The second kappa shape index (κ2) is 3.06. The molecule has 1 aliphatic rings. The van der Waals surface area contributed by atoms with Crippen molar-refractivity contribution in [2.45, 2.75) is 6.17 Å². The van der Waals surface area contributed by atoms with Gasteiger partial charge in [0.25, 0.3) is 0 Å². The molecule has 5 nitrogen and oxygen atoms in total. The number of nitrogens with zero attached hydrogens (tertiary/aromatic N) is 1. The van der Waals surface area contributed by atoms with E-state index in [-0.39, 0.29) is 6.61 Å². The van der Waals surface area contributed by atoms with Crippen LogP contribution in [0.2, 0.25) is 0 Å². The Morgan fingerprint density at radius 1 is 1.64 bits per heavy atom. The standard InChI is InChI=1S/C5H12N2O3S/c1-11(8,9)7-2-3-10-4-5(7)6/h5H,2-4,6H2,1H3. The zero-order chi connectivity index (χ0) is 8.48. The van der Waals surface area contributed by atoms with Gasteiger partial charge in [-0.2, -0.15) is 4.31 Å². The molecule has 11 heavy (non-hydrogen) atoms. The van der Waals surface area contributed by atoms with Crippen molar-refractivity contribution in [2.75, 3.05) is 26.0 Å². The Morgan fingerprint density at radius 2 is 2.27 bits per heavy atom. The molecule has 6 heteroatoms. The van der Waals surface area contributed by atoms with E-state index in [1.807, 2.05) is 0 Å². The molecule has 0 bridgehead atoms. The Labute approximate surface area is 66.2 Å². The van der Waals surface area contributed by atoms with Crippen LogP contribution in [0.25, 0.3) is 0 Å². The summed E-state index contributed by atoms with van der Waals surface area (Å²) >= 11 is 0. The Bertz CT molecular complexity index is 226. The van der Waals surface area contributed by atoms with E-state index in [9.17, 15) is 8.42 Å². The number of rotatable bonds is 1. The number of hydrogen-bond acceptors (Lipinski definition) is 4. The summed E-state index contributed by atoms with van der Waals surface area (Å²) in [6.07, 6.45) is 0.636. The molecule has 1 heterocycles. The summed E-state index contributed by atoms with van der Waals surface area (Å²) in [6, 6.07) is 0. The maximum atomic E-state index is 11.0. The fourth-order valence-corrected chi connectivity index (χ4v) is 1.98. The van der Waals surface area contributed by atoms with Crippen molar-refractivity contribution in [3.05, 3.63) is 0 Å². The van der Waals surface area contributed by atoms with Crippen LogP contribution in [0.1, 0.15) is 0 Å². The first-order chi connectivity index (χ1) is 5.02. The lowest BCUT2D eigenvalue weighted by atomic mass is 10.4. The van der Waals surface area contributed by atoms with Gasteiger partial charge in [-0.25, -0.2) is 8.42 Å². The van der Waals surface area contributed by atoms with Crippen molar-refractivity contribution in [1.82, 2.24) is 4.31 Å². The lowest BCUT2D eigenvalue weighted by Crippen LogP contribution is -2.52. The number of nitrogens with two attached hydrogens (primary N) is 1. The normalized spacial score (nSPS) is 28.7. The van der Waals surface area contributed by atoms with E-state index in [0.29, 0.717) is 13.2 Å². The zero-order valence-electron chi connectivity index (χ0n) is 6.36. The van der Waals surface area contributed by atoms with Gasteiger partial charge in [-0.05, 0) is 0 Å². The second-order valence-electron chi connectivity index (χ2n) is 2.52. The van der Waals surface area contributed by atoms with Crippen molar-refractivity contribution in [3.63, 3.8) is 0 Å². The van der Waals surface area contributed by atoms with E-state index in [2.05, 4.69) is 0 Å². The number of sulfonamides is 1. The average Bonchev–Trinajstić information content (AvgIpc) is 1.86. The van der Waals surface area contributed by atoms with Gasteiger partial charge in [0, 0.05) is 6.54 Å². The molecule has 1 saturated heterocycles. The minimum absolute atomic E-state index is 0.285. The van der Waals surface area contributed by atoms with Crippen molar-refractivity contribution in [1.29, 1.82) is 0 Å². The molecule has 0 saturated carbocycles. The first-order valence-corrected chi connectivity index (χ1v) is 5.17. The van der Waals surface area contributed by atoms with Crippen LogP contribution < -0.4 is 5.73 Å². The summed E-state index contributed by atoms with van der Waals surface area (Å²) in [5.74, 6) is 0. The first-order valence-electron chi connectivity index (χ1n) is 3.32. The van der Waals surface area contributed by atoms with E-state index in [1.54, 1.807) is 0 Å². The largest absolute Gasteiger partial charge is 0.377 e. The fourth-order valence-electron chi connectivity index (χ4n) is 1.02. The van der Waals surface area contributed by atoms with Crippen molar-refractivity contribution < 1.29 is 13.2 Å². The Balaban J connectivity index is 2.70. The van der Waals surface area contributed by atoms with E-state index in [4.69, 9.17) is 10.5 Å². The molecule has 1 atom stereocenters. The van der Waals surface area contributed by atoms with E-state index in [0.717, 1.165) is 6.26 Å². The highest BCUT2D eigenvalue weighted by Gasteiger charge is 2.26. The fraction of sp³-hybridized carbons (Fsp3) is 1.00. The maximum absolute atomic E-state index is 11.0. The summed E-state index contributed by atoms with van der Waals surface area (Å²) in [5.41, 5.74) is 5.49. The van der Waals surface area contributed by atoms with E-state index in [1.165, 1.54) is 4.31 Å². The van der Waals surface area contributed by atoms with Crippen LogP contribution in [0.4, 0.5) is 0 Å². The SMILES string of the molecule is CS(=O)(=O)N1CCOCC1N. The second-order valence-corrected chi connectivity index (χ2v) is 4.45. The average molecular weight is 180 g/mol. The molecule has 1 unspecified atom stereocenters. The van der Waals surface area contributed by atoms with Gasteiger partial charge >= 0.3 is 0 Å². The van der Waals surface area contributed by atoms with Crippen LogP contribution in [0.5, 0.6) is 0 Å². The van der Waals surface area contributed by atoms with Crippen molar-refractivity contribution in [3.8, 4) is 0 Å². The summed E-state index contributed by atoms with van der Waals surface area (Å²) in [5, 5.41) is 0. The van der Waals surface area contributed by atoms with Gasteiger partial charge in [0.15, 0.2) is 0 Å². The summed E-state index contributed by atoms with van der Waals surface area (Å²) in [4.78, 5) is 0. The minimum atomic E-state index is -3.15. The van der Waals surface area contributed by atoms with E-state index >= 15 is 0 Å². The topological polar surface area (TPSA) is 72.6 Å². The van der Waals surface area contributed by atoms with Gasteiger partial charge in [-0.15, -0.1) is 0 Å². The van der Waals surface area contributed by atoms with E-state index < -0.39 is 16.2 Å². The third-order valence-electron chi connectivity index (χ3n) is 1.54. The molecule has 1 rings (SSSR count). The van der Waals surface area contributed by atoms with Gasteiger partial charge in [-0.3, -0.25) is 0 Å². The zero-order valence-corrected chi connectivity index (χ0v) is 7.17. The van der Waals surface area contributed by atoms with Gasteiger partial charge in [0.05, 0.1) is 25.6 Å². The molecule has 0 aromatic rings. The molecule has 0 radical (unpaired) electrons. The molecule has 0 spiro atoms. The Kier molecular flexibility index (Phi) is 2.48. The smallest absolute Gasteiger partial charge is 0.212 e. The van der Waals surface area contributed by atoms with Gasteiger partial charge in [0.1, 0.15) is 0 Å². The van der Waals surface area contributed by atoms with Crippen LogP contribution in [0.15, 0.2) is 0 Å². The molecular formula is C5H12N2O3S. The Morgan fingerprint density at radius 3 is 2.64 bits per heavy atom. The Hall–Kier alpha value is -0.170. The molecule has 66 valence electrons. The van der Waals surface area contributed by atoms with Crippen LogP contribution in [0, 0.1) is 0 Å². The lowest BCUT2D eigenvalue weighted by molar-refractivity contribution is 0.0353.